The van der Waals surface area contributed by atoms with Gasteiger partial charge >= 0.3 is 23.9 Å². The van der Waals surface area contributed by atoms with Crippen molar-refractivity contribution in [1.82, 2.24) is 0 Å². The van der Waals surface area contributed by atoms with Gasteiger partial charge in [0.1, 0.15) is 12.3 Å². The molecule has 0 unspecified atom stereocenters. The highest BCUT2D eigenvalue weighted by molar-refractivity contribution is 6.37. The lowest BCUT2D eigenvalue weighted by atomic mass is 10.0. The fraction of sp³-hybridized carbons (Fsp3) is 0.872. The summed E-state index contributed by atoms with van der Waals surface area (Å²) in [6.07, 6.45) is 32.2. The number of ether oxygens (including phenoxy) is 2. The predicted molar refractivity (Wildman–Crippen MR) is 196 cm³/mol. The molecule has 0 fully saturated rings. The molecule has 0 spiro atoms. The summed E-state index contributed by atoms with van der Waals surface area (Å²) in [6.45, 7) is 4.14. The molecule has 0 aromatic carbocycles. The van der Waals surface area contributed by atoms with E-state index in [-0.39, 0.29) is 25.2 Å². The molecule has 10 nitrogen and oxygen atoms in total. The average Bonchev–Trinajstić information content (AvgIpc) is 3.07. The Morgan fingerprint density at radius 3 is 1.14 bits per heavy atom. The number of carbonyl (C=O) groups is 4. The van der Waals surface area contributed by atoms with Gasteiger partial charge in [0, 0.05) is 12.8 Å². The highest BCUT2D eigenvalue weighted by Gasteiger charge is 2.16. The molecule has 0 amide bonds. The number of rotatable bonds is 35. The number of aliphatic hydroxyl groups is 1. The minimum absolute atomic E-state index is 0.0574. The van der Waals surface area contributed by atoms with Crippen molar-refractivity contribution < 1.29 is 44.0 Å². The van der Waals surface area contributed by atoms with Crippen molar-refractivity contribution in [3.05, 3.63) is 0 Å². The average molecular weight is 700 g/mol. The van der Waals surface area contributed by atoms with Gasteiger partial charge < -0.3 is 24.8 Å². The second kappa shape index (κ2) is 38.3. The summed E-state index contributed by atoms with van der Waals surface area (Å²) in [6, 6.07) is 0. The Bertz CT molecular complexity index is 818. The Labute approximate surface area is 298 Å². The minimum Gasteiger partial charge on any atom is -0.481 e. The van der Waals surface area contributed by atoms with Crippen molar-refractivity contribution in [3.8, 4) is 0 Å². The van der Waals surface area contributed by atoms with Crippen LogP contribution in [0.25, 0.3) is 0 Å². The molecule has 0 heterocycles. The second-order valence-electron chi connectivity index (χ2n) is 13.3. The summed E-state index contributed by atoms with van der Waals surface area (Å²) in [5.41, 5.74) is -0.803. The van der Waals surface area contributed by atoms with E-state index < -0.39 is 30.2 Å². The molecule has 4 N–H and O–H groups in total. The third-order valence-corrected chi connectivity index (χ3v) is 8.49. The van der Waals surface area contributed by atoms with Crippen LogP contribution in [0.1, 0.15) is 200 Å². The molecule has 0 radical (unpaired) electrons. The van der Waals surface area contributed by atoms with E-state index in [1.807, 2.05) is 0 Å². The van der Waals surface area contributed by atoms with Gasteiger partial charge in [-0.05, 0) is 12.8 Å². The number of carboxylic acids is 2. The highest BCUT2D eigenvalue weighted by Crippen LogP contribution is 2.15. The molecular formula is C39H73NO9. The van der Waals surface area contributed by atoms with Crippen LogP contribution < -0.4 is 0 Å². The lowest BCUT2D eigenvalue weighted by Gasteiger charge is -2.15. The zero-order chi connectivity index (χ0) is 36.8. The largest absolute Gasteiger partial charge is 0.481 e. The molecule has 0 aliphatic rings. The van der Waals surface area contributed by atoms with Gasteiger partial charge in [-0.15, -0.1) is 0 Å². The Hall–Kier alpha value is -2.49. The van der Waals surface area contributed by atoms with Crippen molar-refractivity contribution >= 4 is 29.6 Å². The maximum absolute atomic E-state index is 12.1. The summed E-state index contributed by atoms with van der Waals surface area (Å²) in [5.74, 6) is -3.37. The van der Waals surface area contributed by atoms with Crippen LogP contribution in [0.3, 0.4) is 0 Å². The number of aliphatic carboxylic acids is 2. The van der Waals surface area contributed by atoms with Crippen LogP contribution in [-0.2, 0) is 28.7 Å². The third-order valence-electron chi connectivity index (χ3n) is 8.49. The van der Waals surface area contributed by atoms with Gasteiger partial charge in [0.15, 0.2) is 6.10 Å². The molecule has 10 heteroatoms. The number of hydrogen-bond donors (Lipinski definition) is 4. The van der Waals surface area contributed by atoms with Gasteiger partial charge in [-0.1, -0.05) is 168 Å². The van der Waals surface area contributed by atoms with Crippen molar-refractivity contribution in [1.29, 1.82) is 5.41 Å². The van der Waals surface area contributed by atoms with E-state index >= 15 is 0 Å². The summed E-state index contributed by atoms with van der Waals surface area (Å²) < 4.78 is 10.6. The van der Waals surface area contributed by atoms with Crippen LogP contribution >= 0.6 is 0 Å². The first-order valence-electron chi connectivity index (χ1n) is 19.7. The van der Waals surface area contributed by atoms with E-state index in [0.717, 1.165) is 32.1 Å². The molecule has 288 valence electrons. The Morgan fingerprint density at radius 1 is 0.531 bits per heavy atom. The topological polar surface area (TPSA) is 171 Å². The Morgan fingerprint density at radius 2 is 0.857 bits per heavy atom. The molecule has 0 bridgehead atoms. The standard InChI is InChI=1S/C35H68O5.C4H5NO4/c1-3-5-7-9-11-13-15-17-19-21-23-25-27-29-34(37)39-32-33(31-36)40-35(38)30-28-26-24-22-20-18-16-14-12-10-8-6-4-2;5-2(4(8)9)1-3(6)7/h33,36H,3-32H2,1-2H3;5H,1H2,(H,6,7)(H,8,9)/t33-;/m0./s1. The van der Waals surface area contributed by atoms with Crippen LogP contribution in [0.4, 0.5) is 0 Å². The van der Waals surface area contributed by atoms with E-state index in [1.54, 1.807) is 0 Å². The van der Waals surface area contributed by atoms with Crippen LogP contribution in [0.5, 0.6) is 0 Å². The Kier molecular flexibility index (Phi) is 38.0. The number of esters is 2. The van der Waals surface area contributed by atoms with E-state index in [2.05, 4.69) is 13.8 Å². The van der Waals surface area contributed by atoms with Crippen molar-refractivity contribution in [3.63, 3.8) is 0 Å². The van der Waals surface area contributed by atoms with E-state index in [4.69, 9.17) is 25.1 Å². The minimum atomic E-state index is -1.49. The second-order valence-corrected chi connectivity index (χ2v) is 13.3. The van der Waals surface area contributed by atoms with Crippen molar-refractivity contribution in [2.75, 3.05) is 13.2 Å². The summed E-state index contributed by atoms with van der Waals surface area (Å²) in [5, 5.41) is 31.9. The fourth-order valence-electron chi connectivity index (χ4n) is 5.43. The van der Waals surface area contributed by atoms with E-state index in [1.165, 1.54) is 135 Å². The first-order chi connectivity index (χ1) is 23.7. The van der Waals surface area contributed by atoms with Crippen LogP contribution in [-0.4, -0.2) is 64.2 Å². The number of carbonyl (C=O) groups excluding carboxylic acids is 2. The molecule has 0 aliphatic carbocycles. The Balaban J connectivity index is 0. The molecule has 0 rings (SSSR count). The number of aliphatic hydroxyl groups excluding tert-OH is 1. The first kappa shape index (κ1) is 48.6. The first-order valence-corrected chi connectivity index (χ1v) is 19.7. The van der Waals surface area contributed by atoms with Crippen molar-refractivity contribution in [2.45, 2.75) is 206 Å². The van der Waals surface area contributed by atoms with Gasteiger partial charge in [0.05, 0.1) is 13.0 Å². The predicted octanol–water partition coefficient (Wildman–Crippen LogP) is 9.96. The lowest BCUT2D eigenvalue weighted by Crippen LogP contribution is -2.28. The molecular weight excluding hydrogens is 626 g/mol. The number of carboxylic acid groups (broad SMARTS) is 2. The molecule has 49 heavy (non-hydrogen) atoms. The van der Waals surface area contributed by atoms with Gasteiger partial charge in [-0.25, -0.2) is 4.79 Å². The number of nitrogens with one attached hydrogen (secondary N) is 1. The fourth-order valence-corrected chi connectivity index (χ4v) is 5.43. The SMILES string of the molecule is CCCCCCCCCCCCCCCC(=O)OC[C@H](CO)OC(=O)CCCCCCCCCCCCCCC.N=C(CC(=O)O)C(=O)O. The quantitative estimate of drug-likeness (QED) is 0.0285. The summed E-state index contributed by atoms with van der Waals surface area (Å²) >= 11 is 0. The normalized spacial score (nSPS) is 11.3. The molecule has 0 saturated carbocycles. The van der Waals surface area contributed by atoms with Gasteiger partial charge in [0.2, 0.25) is 0 Å². The maximum atomic E-state index is 12.1. The monoisotopic (exact) mass is 700 g/mol. The van der Waals surface area contributed by atoms with Crippen LogP contribution in [0.2, 0.25) is 0 Å². The smallest absolute Gasteiger partial charge is 0.350 e. The lowest BCUT2D eigenvalue weighted by molar-refractivity contribution is -0.161. The van der Waals surface area contributed by atoms with Gasteiger partial charge in [0.25, 0.3) is 0 Å². The molecule has 0 saturated heterocycles. The molecule has 0 aliphatic heterocycles. The summed E-state index contributed by atoms with van der Waals surface area (Å²) in [7, 11) is 0. The molecule has 1 atom stereocenters. The highest BCUT2D eigenvalue weighted by atomic mass is 16.6. The van der Waals surface area contributed by atoms with Gasteiger partial charge in [-0.3, -0.25) is 19.8 Å². The van der Waals surface area contributed by atoms with Crippen LogP contribution in [0.15, 0.2) is 0 Å². The zero-order valence-corrected chi connectivity index (χ0v) is 31.3. The zero-order valence-electron chi connectivity index (χ0n) is 31.3. The number of unbranched alkanes of at least 4 members (excludes halogenated alkanes) is 24. The van der Waals surface area contributed by atoms with Crippen LogP contribution in [0, 0.1) is 5.41 Å². The van der Waals surface area contributed by atoms with Crippen molar-refractivity contribution in [2.24, 2.45) is 0 Å². The molecule has 0 aromatic heterocycles. The van der Waals surface area contributed by atoms with E-state index in [0.29, 0.717) is 12.8 Å². The summed E-state index contributed by atoms with van der Waals surface area (Å²) in [4.78, 5) is 43.6. The third kappa shape index (κ3) is 39.8. The molecule has 0 aromatic rings. The van der Waals surface area contributed by atoms with Gasteiger partial charge in [-0.2, -0.15) is 0 Å². The number of hydrogen-bond acceptors (Lipinski definition) is 8. The maximum Gasteiger partial charge on any atom is 0.350 e. The van der Waals surface area contributed by atoms with E-state index in [9.17, 15) is 24.3 Å².